The van der Waals surface area contributed by atoms with E-state index in [0.717, 1.165) is 38.8 Å². The molecule has 4 aliphatic rings. The van der Waals surface area contributed by atoms with Crippen molar-refractivity contribution >= 4 is 63.8 Å². The monoisotopic (exact) mass is 657 g/mol. The molecule has 7 atom stereocenters. The van der Waals surface area contributed by atoms with E-state index in [1.807, 2.05) is 55.5 Å². The molecule has 3 heterocycles. The first kappa shape index (κ1) is 28.6. The molecule has 2 aliphatic heterocycles. The first-order chi connectivity index (χ1) is 21.8. The minimum absolute atomic E-state index is 0.0114. The minimum atomic E-state index is -0.423. The molecular weight excluding hydrogens is 630 g/mol. The molecule has 1 aromatic heterocycles. The Morgan fingerprint density at radius 2 is 1.73 bits per heavy atom. The van der Waals surface area contributed by atoms with E-state index in [1.54, 1.807) is 36.0 Å². The van der Waals surface area contributed by atoms with Gasteiger partial charge in [0, 0.05) is 32.3 Å². The van der Waals surface area contributed by atoms with Gasteiger partial charge >= 0.3 is 4.87 Å². The maximum Gasteiger partial charge on any atom is 0.305 e. The SMILES string of the molecule is Cc1ccccc1NC(=O)COc1ccc(Cl)cc1[C@@H]1c2sc(=O)[nH]c2S[C@@H]2[C@@H]3C[C@@H]([C@@H]4C(=O)N(c5ccccc5)C(=O)[C@@H]34)[C@H]12. The number of hydrogen-bond donors (Lipinski definition) is 2. The number of aryl methyl sites for hydroxylation is 1. The Bertz CT molecular complexity index is 1930. The molecule has 8 rings (SSSR count). The Morgan fingerprint density at radius 1 is 1.00 bits per heavy atom. The highest BCUT2D eigenvalue weighted by atomic mass is 35.5. The fraction of sp³-hybridized carbons (Fsp3) is 0.294. The average molecular weight is 658 g/mol. The van der Waals surface area contributed by atoms with Gasteiger partial charge in [-0.15, -0.1) is 11.8 Å². The van der Waals surface area contributed by atoms with Crippen LogP contribution < -0.4 is 19.8 Å². The number of halogens is 1. The summed E-state index contributed by atoms with van der Waals surface area (Å²) >= 11 is 9.37. The van der Waals surface area contributed by atoms with Crippen molar-refractivity contribution in [3.05, 3.63) is 103 Å². The summed E-state index contributed by atoms with van der Waals surface area (Å²) in [4.78, 5) is 58.6. The lowest BCUT2D eigenvalue weighted by Gasteiger charge is -2.43. The zero-order valence-electron chi connectivity index (χ0n) is 24.1. The number of H-pyrrole nitrogens is 1. The van der Waals surface area contributed by atoms with E-state index >= 15 is 0 Å². The lowest BCUT2D eigenvalue weighted by molar-refractivity contribution is -0.123. The molecule has 3 amide bonds. The van der Waals surface area contributed by atoms with E-state index < -0.39 is 5.92 Å². The van der Waals surface area contributed by atoms with Gasteiger partial charge in [-0.05, 0) is 73.1 Å². The maximum atomic E-state index is 14.0. The van der Waals surface area contributed by atoms with Crippen LogP contribution in [0.1, 0.15) is 28.3 Å². The normalized spacial score (nSPS) is 27.7. The Hall–Kier alpha value is -3.86. The number of aromatic nitrogens is 1. The largest absolute Gasteiger partial charge is 0.483 e. The van der Waals surface area contributed by atoms with Gasteiger partial charge in [0.15, 0.2) is 6.61 Å². The Balaban J connectivity index is 1.15. The van der Waals surface area contributed by atoms with E-state index in [1.165, 1.54) is 4.90 Å². The number of carbonyl (C=O) groups excluding carboxylic acids is 3. The van der Waals surface area contributed by atoms with Crippen LogP contribution in [0.5, 0.6) is 5.75 Å². The number of anilines is 2. The summed E-state index contributed by atoms with van der Waals surface area (Å²) in [7, 11) is 0. The highest BCUT2D eigenvalue weighted by molar-refractivity contribution is 8.00. The van der Waals surface area contributed by atoms with E-state index in [2.05, 4.69) is 10.3 Å². The van der Waals surface area contributed by atoms with Crippen LogP contribution in [0.4, 0.5) is 11.4 Å². The molecule has 0 spiro atoms. The third-order valence-electron chi connectivity index (χ3n) is 9.82. The summed E-state index contributed by atoms with van der Waals surface area (Å²) in [6.07, 6.45) is 0.767. The van der Waals surface area contributed by atoms with E-state index in [9.17, 15) is 19.2 Å². The first-order valence-corrected chi connectivity index (χ1v) is 17.0. The number of nitrogens with one attached hydrogen (secondary N) is 2. The molecule has 45 heavy (non-hydrogen) atoms. The standard InChI is InChI=1S/C34H28ClN3O5S2/c1-16-7-5-6-10-22(16)36-24(39)15-43-23-12-11-17(35)13-19(23)25-26-20-14-21(29(26)44-31-30(25)45-34(42)37-31)28-27(20)32(40)38(33(28)41)18-8-3-2-4-9-18/h2-13,20-21,25-29H,14-15H2,1H3,(H,36,39)(H,37,42)/t20-,21-,25+,26-,27+,28+,29-/m1/s1. The molecule has 0 unspecified atom stereocenters. The van der Waals surface area contributed by atoms with Crippen molar-refractivity contribution in [1.82, 2.24) is 4.98 Å². The fourth-order valence-corrected chi connectivity index (χ4v) is 11.2. The first-order valence-electron chi connectivity index (χ1n) is 14.9. The predicted molar refractivity (Wildman–Crippen MR) is 174 cm³/mol. The lowest BCUT2D eigenvalue weighted by Crippen LogP contribution is -2.42. The van der Waals surface area contributed by atoms with Gasteiger partial charge in [0.05, 0.1) is 22.5 Å². The summed E-state index contributed by atoms with van der Waals surface area (Å²) < 4.78 is 6.18. The zero-order valence-corrected chi connectivity index (χ0v) is 26.5. The number of thiazole rings is 1. The number of ether oxygens (including phenoxy) is 1. The molecule has 1 saturated heterocycles. The van der Waals surface area contributed by atoms with Gasteiger partial charge < -0.3 is 15.0 Å². The van der Waals surface area contributed by atoms with Crippen molar-refractivity contribution in [1.29, 1.82) is 0 Å². The molecule has 4 aromatic rings. The van der Waals surface area contributed by atoms with Crippen molar-refractivity contribution < 1.29 is 19.1 Å². The molecule has 2 aliphatic carbocycles. The van der Waals surface area contributed by atoms with E-state index in [-0.39, 0.29) is 64.0 Å². The molecule has 228 valence electrons. The number of fused-ring (bicyclic) bond motifs is 9. The van der Waals surface area contributed by atoms with Gasteiger partial charge in [-0.3, -0.25) is 24.1 Å². The summed E-state index contributed by atoms with van der Waals surface area (Å²) in [6.45, 7) is 1.71. The smallest absolute Gasteiger partial charge is 0.305 e. The second kappa shape index (κ2) is 10.9. The molecule has 8 nitrogen and oxygen atoms in total. The molecule has 11 heteroatoms. The molecule has 3 aromatic carbocycles. The van der Waals surface area contributed by atoms with Gasteiger partial charge in [-0.25, -0.2) is 0 Å². The Labute approximate surface area is 272 Å². The summed E-state index contributed by atoms with van der Waals surface area (Å²) in [5, 5.41) is 4.22. The quantitative estimate of drug-likeness (QED) is 0.243. The molecular formula is C34H28ClN3O5S2. The third-order valence-corrected chi connectivity index (χ3v) is 12.6. The Morgan fingerprint density at radius 3 is 2.51 bits per heavy atom. The number of nitrogens with zero attached hydrogens (tertiary/aromatic N) is 1. The fourth-order valence-electron chi connectivity index (χ4n) is 8.13. The van der Waals surface area contributed by atoms with Crippen LogP contribution in [-0.2, 0) is 14.4 Å². The van der Waals surface area contributed by atoms with Crippen LogP contribution in [-0.4, -0.2) is 34.6 Å². The van der Waals surface area contributed by atoms with Crippen LogP contribution in [0.3, 0.4) is 0 Å². The van der Waals surface area contributed by atoms with Gasteiger partial charge in [-0.1, -0.05) is 59.3 Å². The molecule has 3 fully saturated rings. The second-order valence-electron chi connectivity index (χ2n) is 12.1. The number of rotatable bonds is 6. The number of carbonyl (C=O) groups is 3. The summed E-state index contributed by atoms with van der Waals surface area (Å²) in [5.41, 5.74) is 3.04. The van der Waals surface area contributed by atoms with Gasteiger partial charge in [0.25, 0.3) is 5.91 Å². The number of imide groups is 1. The maximum absolute atomic E-state index is 14.0. The van der Waals surface area contributed by atoms with Gasteiger partial charge in [0.2, 0.25) is 11.8 Å². The topological polar surface area (TPSA) is 109 Å². The van der Waals surface area contributed by atoms with Crippen LogP contribution >= 0.6 is 34.7 Å². The average Bonchev–Trinajstić information content (AvgIpc) is 3.77. The van der Waals surface area contributed by atoms with Crippen molar-refractivity contribution in [3.63, 3.8) is 0 Å². The number of para-hydroxylation sites is 2. The van der Waals surface area contributed by atoms with Crippen molar-refractivity contribution in [2.45, 2.75) is 29.5 Å². The predicted octanol–water partition coefficient (Wildman–Crippen LogP) is 6.09. The van der Waals surface area contributed by atoms with Crippen molar-refractivity contribution in [2.75, 3.05) is 16.8 Å². The molecule has 2 saturated carbocycles. The van der Waals surface area contributed by atoms with E-state index in [4.69, 9.17) is 16.3 Å². The summed E-state index contributed by atoms with van der Waals surface area (Å²) in [5.74, 6) is -1.28. The number of thioether (sulfide) groups is 1. The highest BCUT2D eigenvalue weighted by Gasteiger charge is 2.69. The van der Waals surface area contributed by atoms with E-state index in [0.29, 0.717) is 22.1 Å². The highest BCUT2D eigenvalue weighted by Crippen LogP contribution is 2.69. The van der Waals surface area contributed by atoms with Crippen LogP contribution in [0.15, 0.2) is 82.6 Å². The lowest BCUT2D eigenvalue weighted by atomic mass is 9.68. The minimum Gasteiger partial charge on any atom is -0.483 e. The molecule has 2 bridgehead atoms. The Kier molecular flexibility index (Phi) is 6.92. The van der Waals surface area contributed by atoms with Crippen LogP contribution in [0.2, 0.25) is 5.02 Å². The van der Waals surface area contributed by atoms with Crippen LogP contribution in [0.25, 0.3) is 0 Å². The van der Waals surface area contributed by atoms with Crippen molar-refractivity contribution in [2.24, 2.45) is 29.6 Å². The van der Waals surface area contributed by atoms with Crippen molar-refractivity contribution in [3.8, 4) is 5.75 Å². The number of amides is 3. The summed E-state index contributed by atoms with van der Waals surface area (Å²) in [6, 6.07) is 22.0. The number of benzene rings is 3. The number of hydrogen-bond acceptors (Lipinski definition) is 7. The number of aromatic amines is 1. The zero-order chi connectivity index (χ0) is 31.0. The molecule has 2 N–H and O–H groups in total. The second-order valence-corrected chi connectivity index (χ2v) is 14.8. The molecule has 0 radical (unpaired) electrons. The van der Waals surface area contributed by atoms with Crippen LogP contribution in [0, 0.1) is 36.5 Å². The third kappa shape index (κ3) is 4.56. The van der Waals surface area contributed by atoms with Gasteiger partial charge in [-0.2, -0.15) is 0 Å². The van der Waals surface area contributed by atoms with Gasteiger partial charge in [0.1, 0.15) is 5.75 Å².